The van der Waals surface area contributed by atoms with E-state index in [0.717, 1.165) is 19.0 Å². The molecule has 0 aliphatic heterocycles. The zero-order valence-electron chi connectivity index (χ0n) is 10.1. The van der Waals surface area contributed by atoms with Crippen molar-refractivity contribution in [1.82, 2.24) is 10.3 Å². The van der Waals surface area contributed by atoms with Gasteiger partial charge >= 0.3 is 0 Å². The monoisotopic (exact) mass is 224 g/mol. The van der Waals surface area contributed by atoms with E-state index in [9.17, 15) is 0 Å². The molecule has 1 unspecified atom stereocenters. The number of nitrogens with zero attached hydrogens (tertiary/aromatic N) is 1. The van der Waals surface area contributed by atoms with Crippen molar-refractivity contribution in [1.29, 1.82) is 0 Å². The summed E-state index contributed by atoms with van der Waals surface area (Å²) in [5.41, 5.74) is 1.72. The molecule has 1 saturated carbocycles. The van der Waals surface area contributed by atoms with E-state index in [4.69, 9.17) is 4.98 Å². The molecule has 2 rings (SSSR count). The van der Waals surface area contributed by atoms with Crippen LogP contribution in [0.25, 0.3) is 0 Å². The predicted octanol–water partition coefficient (Wildman–Crippen LogP) is 3.07. The van der Waals surface area contributed by atoms with Crippen LogP contribution in [0.2, 0.25) is 0 Å². The SMILES string of the molecule is CCNCc1sc(C2CC2(C)C)nc1C. The molecule has 15 heavy (non-hydrogen) atoms. The first-order chi connectivity index (χ1) is 7.04. The van der Waals surface area contributed by atoms with Gasteiger partial charge < -0.3 is 5.32 Å². The van der Waals surface area contributed by atoms with Crippen LogP contribution in [0.4, 0.5) is 0 Å². The smallest absolute Gasteiger partial charge is 0.0967 e. The van der Waals surface area contributed by atoms with Gasteiger partial charge in [0.1, 0.15) is 0 Å². The van der Waals surface area contributed by atoms with Gasteiger partial charge in [-0.3, -0.25) is 0 Å². The molecule has 0 bridgehead atoms. The lowest BCUT2D eigenvalue weighted by molar-refractivity contribution is 0.620. The van der Waals surface area contributed by atoms with Crippen molar-refractivity contribution < 1.29 is 0 Å². The number of aryl methyl sites for hydroxylation is 1. The molecule has 3 heteroatoms. The fourth-order valence-corrected chi connectivity index (χ4v) is 3.24. The van der Waals surface area contributed by atoms with Gasteiger partial charge in [0.25, 0.3) is 0 Å². The lowest BCUT2D eigenvalue weighted by Crippen LogP contribution is -2.11. The molecule has 1 atom stereocenters. The lowest BCUT2D eigenvalue weighted by atomic mass is 10.1. The van der Waals surface area contributed by atoms with Crippen LogP contribution in [0.15, 0.2) is 0 Å². The van der Waals surface area contributed by atoms with Crippen LogP contribution >= 0.6 is 11.3 Å². The highest BCUT2D eigenvalue weighted by atomic mass is 32.1. The Morgan fingerprint density at radius 3 is 2.73 bits per heavy atom. The first kappa shape index (κ1) is 11.1. The Morgan fingerprint density at radius 2 is 2.20 bits per heavy atom. The fraction of sp³-hybridized carbons (Fsp3) is 0.750. The Kier molecular flexibility index (Phi) is 2.86. The number of aromatic nitrogens is 1. The van der Waals surface area contributed by atoms with E-state index in [1.807, 2.05) is 11.3 Å². The van der Waals surface area contributed by atoms with Gasteiger partial charge in [-0.2, -0.15) is 0 Å². The molecule has 1 heterocycles. The summed E-state index contributed by atoms with van der Waals surface area (Å²) in [5, 5.41) is 4.72. The molecule has 84 valence electrons. The van der Waals surface area contributed by atoms with E-state index in [2.05, 4.69) is 33.0 Å². The number of rotatable bonds is 4. The summed E-state index contributed by atoms with van der Waals surface area (Å²) in [6.07, 6.45) is 1.31. The Bertz CT molecular complexity index is 355. The molecule has 1 aliphatic carbocycles. The third kappa shape index (κ3) is 2.23. The van der Waals surface area contributed by atoms with E-state index in [1.165, 1.54) is 22.0 Å². The molecule has 0 radical (unpaired) electrons. The van der Waals surface area contributed by atoms with Gasteiger partial charge in [-0.1, -0.05) is 20.8 Å². The van der Waals surface area contributed by atoms with Crippen molar-refractivity contribution in [2.45, 2.75) is 46.6 Å². The molecule has 1 aliphatic rings. The normalized spacial score (nSPS) is 23.1. The van der Waals surface area contributed by atoms with Gasteiger partial charge in [0.05, 0.1) is 10.7 Å². The quantitative estimate of drug-likeness (QED) is 0.850. The Hall–Kier alpha value is -0.410. The third-order valence-corrected chi connectivity index (χ3v) is 4.53. The summed E-state index contributed by atoms with van der Waals surface area (Å²) >= 11 is 1.90. The minimum absolute atomic E-state index is 0.500. The largest absolute Gasteiger partial charge is 0.312 e. The summed E-state index contributed by atoms with van der Waals surface area (Å²) in [4.78, 5) is 6.11. The summed E-state index contributed by atoms with van der Waals surface area (Å²) in [6, 6.07) is 0. The van der Waals surface area contributed by atoms with E-state index in [0.29, 0.717) is 5.41 Å². The topological polar surface area (TPSA) is 24.9 Å². The predicted molar refractivity (Wildman–Crippen MR) is 65.4 cm³/mol. The second-order valence-corrected chi connectivity index (χ2v) is 6.20. The molecule has 1 N–H and O–H groups in total. The molecule has 0 saturated heterocycles. The number of hydrogen-bond acceptors (Lipinski definition) is 3. The first-order valence-electron chi connectivity index (χ1n) is 5.71. The van der Waals surface area contributed by atoms with Crippen LogP contribution in [-0.2, 0) is 6.54 Å². The molecule has 1 fully saturated rings. The van der Waals surface area contributed by atoms with Crippen LogP contribution in [0.3, 0.4) is 0 Å². The zero-order chi connectivity index (χ0) is 11.1. The highest BCUT2D eigenvalue weighted by Crippen LogP contribution is 2.59. The van der Waals surface area contributed by atoms with Crippen molar-refractivity contribution in [3.8, 4) is 0 Å². The van der Waals surface area contributed by atoms with E-state index < -0.39 is 0 Å². The molecule has 0 aromatic carbocycles. The van der Waals surface area contributed by atoms with Crippen LogP contribution in [0, 0.1) is 12.3 Å². The van der Waals surface area contributed by atoms with Gasteiger partial charge in [-0.15, -0.1) is 11.3 Å². The third-order valence-electron chi connectivity index (χ3n) is 3.26. The van der Waals surface area contributed by atoms with Crippen LogP contribution in [-0.4, -0.2) is 11.5 Å². The van der Waals surface area contributed by atoms with Crippen molar-refractivity contribution in [3.63, 3.8) is 0 Å². The van der Waals surface area contributed by atoms with Crippen molar-refractivity contribution >= 4 is 11.3 Å². The summed E-state index contributed by atoms with van der Waals surface area (Å²) < 4.78 is 0. The fourth-order valence-electron chi connectivity index (χ4n) is 1.89. The molecular weight excluding hydrogens is 204 g/mol. The summed E-state index contributed by atoms with van der Waals surface area (Å²) in [7, 11) is 0. The average molecular weight is 224 g/mol. The van der Waals surface area contributed by atoms with Crippen LogP contribution < -0.4 is 5.32 Å². The molecular formula is C12H20N2S. The Morgan fingerprint density at radius 1 is 1.53 bits per heavy atom. The maximum Gasteiger partial charge on any atom is 0.0967 e. The number of hydrogen-bond donors (Lipinski definition) is 1. The van der Waals surface area contributed by atoms with E-state index in [1.54, 1.807) is 0 Å². The van der Waals surface area contributed by atoms with Gasteiger partial charge in [0.2, 0.25) is 0 Å². The Labute approximate surface area is 96.1 Å². The van der Waals surface area contributed by atoms with Crippen LogP contribution in [0.1, 0.15) is 48.7 Å². The highest BCUT2D eigenvalue weighted by molar-refractivity contribution is 7.11. The Balaban J connectivity index is 2.08. The molecule has 0 spiro atoms. The van der Waals surface area contributed by atoms with Gasteiger partial charge in [0, 0.05) is 17.3 Å². The molecule has 1 aromatic rings. The second-order valence-electron chi connectivity index (χ2n) is 5.09. The lowest BCUT2D eigenvalue weighted by Gasteiger charge is -1.98. The van der Waals surface area contributed by atoms with E-state index in [-0.39, 0.29) is 0 Å². The molecule has 1 aromatic heterocycles. The zero-order valence-corrected chi connectivity index (χ0v) is 10.9. The summed E-state index contributed by atoms with van der Waals surface area (Å²) in [5.74, 6) is 0.719. The minimum Gasteiger partial charge on any atom is -0.312 e. The summed E-state index contributed by atoms with van der Waals surface area (Å²) in [6.45, 7) is 10.9. The number of thiazole rings is 1. The highest BCUT2D eigenvalue weighted by Gasteiger charge is 2.48. The van der Waals surface area contributed by atoms with Gasteiger partial charge in [-0.25, -0.2) is 4.98 Å². The standard InChI is InChI=1S/C12H20N2S/c1-5-13-7-10-8(2)14-11(15-10)9-6-12(9,3)4/h9,13H,5-7H2,1-4H3. The van der Waals surface area contributed by atoms with Crippen LogP contribution in [0.5, 0.6) is 0 Å². The van der Waals surface area contributed by atoms with Crippen molar-refractivity contribution in [2.24, 2.45) is 5.41 Å². The second kappa shape index (κ2) is 3.87. The average Bonchev–Trinajstić information content (AvgIpc) is 2.65. The molecule has 0 amide bonds. The number of nitrogens with one attached hydrogen (secondary N) is 1. The van der Waals surface area contributed by atoms with Crippen molar-refractivity contribution in [3.05, 3.63) is 15.6 Å². The molecule has 2 nitrogen and oxygen atoms in total. The van der Waals surface area contributed by atoms with Gasteiger partial charge in [-0.05, 0) is 25.3 Å². The first-order valence-corrected chi connectivity index (χ1v) is 6.53. The minimum atomic E-state index is 0.500. The van der Waals surface area contributed by atoms with E-state index >= 15 is 0 Å². The maximum absolute atomic E-state index is 4.70. The maximum atomic E-state index is 4.70. The van der Waals surface area contributed by atoms with Gasteiger partial charge in [0.15, 0.2) is 0 Å². The van der Waals surface area contributed by atoms with Crippen molar-refractivity contribution in [2.75, 3.05) is 6.54 Å².